The summed E-state index contributed by atoms with van der Waals surface area (Å²) in [7, 11) is 1.96. The number of nitrogens with zero attached hydrogens (tertiary/aromatic N) is 4. The predicted octanol–water partition coefficient (Wildman–Crippen LogP) is 1.38. The Hall–Kier alpha value is -2.63. The van der Waals surface area contributed by atoms with Gasteiger partial charge in [0.05, 0.1) is 6.42 Å². The first-order valence-corrected chi connectivity index (χ1v) is 5.96. The Morgan fingerprint density at radius 2 is 2.26 bits per heavy atom. The predicted molar refractivity (Wildman–Crippen MR) is 72.2 cm³/mol. The van der Waals surface area contributed by atoms with Crippen LogP contribution in [-0.2, 0) is 13.5 Å². The molecule has 2 aromatic heterocycles. The molecule has 0 aliphatic carbocycles. The maximum absolute atomic E-state index is 5.75. The summed E-state index contributed by atoms with van der Waals surface area (Å²) in [5.41, 5.74) is 7.36. The molecule has 0 amide bonds. The molecular formula is C13H14N6. The lowest BCUT2D eigenvalue weighted by molar-refractivity contribution is 0.797. The molecule has 0 spiro atoms. The number of nitrogens with two attached hydrogens (primary N) is 1. The van der Waals surface area contributed by atoms with E-state index in [4.69, 9.17) is 5.73 Å². The summed E-state index contributed by atoms with van der Waals surface area (Å²) < 4.78 is 1.96. The van der Waals surface area contributed by atoms with Crippen LogP contribution < -0.4 is 5.73 Å². The monoisotopic (exact) mass is 254 g/mol. The number of benzene rings is 1. The molecule has 0 fully saturated rings. The summed E-state index contributed by atoms with van der Waals surface area (Å²) in [5.74, 6) is 2.37. The molecule has 6 nitrogen and oxygen atoms in total. The first-order chi connectivity index (χ1) is 9.22. The van der Waals surface area contributed by atoms with Gasteiger partial charge >= 0.3 is 0 Å². The highest BCUT2D eigenvalue weighted by molar-refractivity contribution is 5.60. The molecule has 19 heavy (non-hydrogen) atoms. The number of aromatic nitrogens is 5. The summed E-state index contributed by atoms with van der Waals surface area (Å²) in [6.07, 6.45) is 4.30. The van der Waals surface area contributed by atoms with Crippen LogP contribution in [0.15, 0.2) is 36.7 Å². The number of nitrogen functional groups attached to an aromatic ring is 1. The smallest absolute Gasteiger partial charge is 0.181 e. The molecule has 0 saturated carbocycles. The van der Waals surface area contributed by atoms with E-state index in [-0.39, 0.29) is 0 Å². The molecule has 0 unspecified atom stereocenters. The zero-order chi connectivity index (χ0) is 13.2. The fourth-order valence-corrected chi connectivity index (χ4v) is 1.90. The molecule has 2 heterocycles. The van der Waals surface area contributed by atoms with Gasteiger partial charge in [0.1, 0.15) is 11.6 Å². The van der Waals surface area contributed by atoms with Crippen LogP contribution in [0.25, 0.3) is 11.4 Å². The fraction of sp³-hybridized carbons (Fsp3) is 0.154. The Labute approximate surface area is 110 Å². The van der Waals surface area contributed by atoms with Gasteiger partial charge in [0.15, 0.2) is 5.82 Å². The third-order valence-corrected chi connectivity index (χ3v) is 2.92. The Balaban J connectivity index is 1.86. The van der Waals surface area contributed by atoms with Gasteiger partial charge < -0.3 is 10.3 Å². The van der Waals surface area contributed by atoms with Crippen molar-refractivity contribution < 1.29 is 0 Å². The number of aromatic amines is 1. The molecule has 0 aliphatic rings. The molecule has 96 valence electrons. The minimum atomic E-state index is 0.624. The van der Waals surface area contributed by atoms with Gasteiger partial charge in [0, 0.05) is 30.7 Å². The highest BCUT2D eigenvalue weighted by atomic mass is 15.2. The molecule has 0 radical (unpaired) electrons. The standard InChI is InChI=1S/C13H14N6/c1-19-6-5-15-12(19)8-11-16-13(18-17-11)9-3-2-4-10(14)7-9/h2-7H,8,14H2,1H3,(H,16,17,18). The number of hydrogen-bond acceptors (Lipinski definition) is 4. The summed E-state index contributed by atoms with van der Waals surface area (Å²) in [6.45, 7) is 0. The number of H-pyrrole nitrogens is 1. The second kappa shape index (κ2) is 4.56. The van der Waals surface area contributed by atoms with Gasteiger partial charge in [-0.3, -0.25) is 5.10 Å². The average molecular weight is 254 g/mol. The molecule has 0 bridgehead atoms. The normalized spacial score (nSPS) is 10.8. The van der Waals surface area contributed by atoms with Crippen molar-refractivity contribution in [3.05, 3.63) is 48.3 Å². The summed E-state index contributed by atoms with van der Waals surface area (Å²) in [4.78, 5) is 8.72. The van der Waals surface area contributed by atoms with Gasteiger partial charge in [-0.2, -0.15) is 5.10 Å². The average Bonchev–Trinajstić information content (AvgIpc) is 3.00. The van der Waals surface area contributed by atoms with E-state index in [1.165, 1.54) is 0 Å². The zero-order valence-electron chi connectivity index (χ0n) is 10.5. The number of imidazole rings is 1. The van der Waals surface area contributed by atoms with E-state index in [2.05, 4.69) is 20.2 Å². The largest absolute Gasteiger partial charge is 0.399 e. The second-order valence-electron chi connectivity index (χ2n) is 4.36. The first kappa shape index (κ1) is 11.5. The van der Waals surface area contributed by atoms with Crippen molar-refractivity contribution in [3.8, 4) is 11.4 Å². The van der Waals surface area contributed by atoms with Crippen molar-refractivity contribution in [1.29, 1.82) is 0 Å². The van der Waals surface area contributed by atoms with E-state index < -0.39 is 0 Å². The number of hydrogen-bond donors (Lipinski definition) is 2. The zero-order valence-corrected chi connectivity index (χ0v) is 10.5. The minimum absolute atomic E-state index is 0.624. The molecular weight excluding hydrogens is 240 g/mol. The molecule has 1 aromatic carbocycles. The SMILES string of the molecule is Cn1ccnc1Cc1nc(-c2cccc(N)c2)n[nH]1. The lowest BCUT2D eigenvalue weighted by Gasteiger charge is -1.98. The molecule has 3 rings (SSSR count). The van der Waals surface area contributed by atoms with Gasteiger partial charge in [-0.05, 0) is 12.1 Å². The minimum Gasteiger partial charge on any atom is -0.399 e. The van der Waals surface area contributed by atoms with Crippen LogP contribution in [0, 0.1) is 0 Å². The Morgan fingerprint density at radius 3 is 3.00 bits per heavy atom. The van der Waals surface area contributed by atoms with E-state index in [0.29, 0.717) is 17.9 Å². The van der Waals surface area contributed by atoms with E-state index in [0.717, 1.165) is 17.2 Å². The maximum Gasteiger partial charge on any atom is 0.181 e. The Bertz CT molecular complexity index is 696. The van der Waals surface area contributed by atoms with Crippen LogP contribution >= 0.6 is 0 Å². The van der Waals surface area contributed by atoms with Crippen molar-refractivity contribution in [2.75, 3.05) is 5.73 Å². The van der Waals surface area contributed by atoms with E-state index in [9.17, 15) is 0 Å². The molecule has 0 aliphatic heterocycles. The highest BCUT2D eigenvalue weighted by Crippen LogP contribution is 2.17. The summed E-state index contributed by atoms with van der Waals surface area (Å²) >= 11 is 0. The van der Waals surface area contributed by atoms with Crippen molar-refractivity contribution in [3.63, 3.8) is 0 Å². The third-order valence-electron chi connectivity index (χ3n) is 2.92. The summed E-state index contributed by atoms with van der Waals surface area (Å²) in [5, 5.41) is 7.14. The maximum atomic E-state index is 5.75. The van der Waals surface area contributed by atoms with Gasteiger partial charge in [-0.25, -0.2) is 9.97 Å². The Kier molecular flexibility index (Phi) is 2.75. The molecule has 3 N–H and O–H groups in total. The van der Waals surface area contributed by atoms with Gasteiger partial charge in [0.25, 0.3) is 0 Å². The topological polar surface area (TPSA) is 85.4 Å². The van der Waals surface area contributed by atoms with Crippen LogP contribution in [0.5, 0.6) is 0 Å². The highest BCUT2D eigenvalue weighted by Gasteiger charge is 2.08. The fourth-order valence-electron chi connectivity index (χ4n) is 1.90. The lowest BCUT2D eigenvalue weighted by Crippen LogP contribution is -1.99. The van der Waals surface area contributed by atoms with Crippen LogP contribution in [0.4, 0.5) is 5.69 Å². The van der Waals surface area contributed by atoms with Crippen LogP contribution in [-0.4, -0.2) is 24.7 Å². The molecule has 3 aromatic rings. The molecule has 0 saturated heterocycles. The van der Waals surface area contributed by atoms with Gasteiger partial charge in [-0.15, -0.1) is 0 Å². The van der Waals surface area contributed by atoms with Crippen LogP contribution in [0.3, 0.4) is 0 Å². The number of rotatable bonds is 3. The van der Waals surface area contributed by atoms with E-state index in [1.807, 2.05) is 42.1 Å². The van der Waals surface area contributed by atoms with Crippen molar-refractivity contribution >= 4 is 5.69 Å². The quantitative estimate of drug-likeness (QED) is 0.691. The van der Waals surface area contributed by atoms with Crippen molar-refractivity contribution in [2.45, 2.75) is 6.42 Å². The second-order valence-corrected chi connectivity index (χ2v) is 4.36. The molecule has 6 heteroatoms. The number of anilines is 1. The van der Waals surface area contributed by atoms with Gasteiger partial charge in [0.2, 0.25) is 0 Å². The lowest BCUT2D eigenvalue weighted by atomic mass is 10.2. The van der Waals surface area contributed by atoms with E-state index in [1.54, 1.807) is 6.20 Å². The van der Waals surface area contributed by atoms with Crippen molar-refractivity contribution in [1.82, 2.24) is 24.7 Å². The number of aryl methyl sites for hydroxylation is 1. The molecule has 0 atom stereocenters. The number of nitrogens with one attached hydrogen (secondary N) is 1. The first-order valence-electron chi connectivity index (χ1n) is 5.96. The summed E-state index contributed by atoms with van der Waals surface area (Å²) in [6, 6.07) is 7.52. The van der Waals surface area contributed by atoms with Crippen LogP contribution in [0.2, 0.25) is 0 Å². The van der Waals surface area contributed by atoms with E-state index >= 15 is 0 Å². The van der Waals surface area contributed by atoms with Crippen LogP contribution in [0.1, 0.15) is 11.6 Å². The third kappa shape index (κ3) is 2.33. The van der Waals surface area contributed by atoms with Gasteiger partial charge in [-0.1, -0.05) is 12.1 Å². The van der Waals surface area contributed by atoms with Crippen molar-refractivity contribution in [2.24, 2.45) is 7.05 Å². The Morgan fingerprint density at radius 1 is 1.37 bits per heavy atom.